The highest BCUT2D eigenvalue weighted by molar-refractivity contribution is 5.38. The summed E-state index contributed by atoms with van der Waals surface area (Å²) in [7, 11) is 3.96. The van der Waals surface area contributed by atoms with Crippen molar-refractivity contribution in [2.75, 3.05) is 33.8 Å². The SMILES string of the molecule is CCc1cc(C2CCNCCN2C)ccc1OC. The van der Waals surface area contributed by atoms with Crippen molar-refractivity contribution >= 4 is 0 Å². The van der Waals surface area contributed by atoms with Crippen LogP contribution in [0.3, 0.4) is 0 Å². The van der Waals surface area contributed by atoms with Crippen LogP contribution in [0.15, 0.2) is 18.2 Å². The molecule has 1 unspecified atom stereocenters. The first kappa shape index (κ1) is 13.4. The molecule has 1 aromatic carbocycles. The molecule has 0 saturated carbocycles. The number of likely N-dealkylation sites (N-methyl/N-ethyl adjacent to an activating group) is 1. The van der Waals surface area contributed by atoms with Gasteiger partial charge in [0.1, 0.15) is 5.75 Å². The molecule has 1 heterocycles. The Labute approximate surface area is 110 Å². The van der Waals surface area contributed by atoms with E-state index in [9.17, 15) is 0 Å². The second-order valence-corrected chi connectivity index (χ2v) is 4.96. The van der Waals surface area contributed by atoms with Gasteiger partial charge in [0, 0.05) is 19.1 Å². The molecule has 1 fully saturated rings. The molecule has 0 aliphatic carbocycles. The highest BCUT2D eigenvalue weighted by Gasteiger charge is 2.19. The Balaban J connectivity index is 2.26. The first-order chi connectivity index (χ1) is 8.76. The van der Waals surface area contributed by atoms with Gasteiger partial charge in [-0.2, -0.15) is 0 Å². The van der Waals surface area contributed by atoms with Crippen molar-refractivity contribution < 1.29 is 4.74 Å². The van der Waals surface area contributed by atoms with E-state index in [1.54, 1.807) is 7.11 Å². The van der Waals surface area contributed by atoms with Crippen LogP contribution in [-0.2, 0) is 6.42 Å². The second-order valence-electron chi connectivity index (χ2n) is 4.96. The fourth-order valence-electron chi connectivity index (χ4n) is 2.70. The van der Waals surface area contributed by atoms with E-state index in [4.69, 9.17) is 4.74 Å². The first-order valence-corrected chi connectivity index (χ1v) is 6.84. The monoisotopic (exact) mass is 248 g/mol. The summed E-state index contributed by atoms with van der Waals surface area (Å²) in [6.07, 6.45) is 2.19. The molecule has 1 atom stereocenters. The van der Waals surface area contributed by atoms with Gasteiger partial charge < -0.3 is 10.1 Å². The van der Waals surface area contributed by atoms with Crippen LogP contribution in [0.5, 0.6) is 5.75 Å². The van der Waals surface area contributed by atoms with E-state index in [1.165, 1.54) is 17.5 Å². The van der Waals surface area contributed by atoms with Crippen molar-refractivity contribution in [3.05, 3.63) is 29.3 Å². The Morgan fingerprint density at radius 2 is 2.22 bits per heavy atom. The number of rotatable bonds is 3. The van der Waals surface area contributed by atoms with E-state index in [-0.39, 0.29) is 0 Å². The normalized spacial score (nSPS) is 21.6. The average Bonchev–Trinajstić information content (AvgIpc) is 2.62. The van der Waals surface area contributed by atoms with Crippen LogP contribution in [0.4, 0.5) is 0 Å². The van der Waals surface area contributed by atoms with E-state index in [1.807, 2.05) is 0 Å². The molecule has 0 radical (unpaired) electrons. The number of nitrogens with one attached hydrogen (secondary N) is 1. The van der Waals surface area contributed by atoms with Crippen LogP contribution in [0.25, 0.3) is 0 Å². The molecule has 18 heavy (non-hydrogen) atoms. The zero-order chi connectivity index (χ0) is 13.0. The van der Waals surface area contributed by atoms with E-state index in [0.717, 1.165) is 31.8 Å². The lowest BCUT2D eigenvalue weighted by Gasteiger charge is -2.26. The molecule has 1 aliphatic rings. The van der Waals surface area contributed by atoms with E-state index in [0.29, 0.717) is 6.04 Å². The number of aryl methyl sites for hydroxylation is 1. The Kier molecular flexibility index (Phi) is 4.61. The number of hydrogen-bond acceptors (Lipinski definition) is 3. The summed E-state index contributed by atoms with van der Waals surface area (Å²) in [5.41, 5.74) is 2.72. The maximum Gasteiger partial charge on any atom is 0.122 e. The van der Waals surface area contributed by atoms with Crippen molar-refractivity contribution in [3.63, 3.8) is 0 Å². The summed E-state index contributed by atoms with van der Waals surface area (Å²) in [6.45, 7) is 5.48. The largest absolute Gasteiger partial charge is 0.496 e. The van der Waals surface area contributed by atoms with Crippen molar-refractivity contribution in [2.45, 2.75) is 25.8 Å². The Bertz CT molecular complexity index is 392. The number of hydrogen-bond donors (Lipinski definition) is 1. The van der Waals surface area contributed by atoms with Gasteiger partial charge in [-0.3, -0.25) is 4.90 Å². The average molecular weight is 248 g/mol. The minimum Gasteiger partial charge on any atom is -0.496 e. The molecule has 1 aliphatic heterocycles. The third kappa shape index (κ3) is 2.85. The number of methoxy groups -OCH3 is 1. The van der Waals surface area contributed by atoms with Gasteiger partial charge in [0.15, 0.2) is 0 Å². The highest BCUT2D eigenvalue weighted by Crippen LogP contribution is 2.28. The molecule has 0 amide bonds. The van der Waals surface area contributed by atoms with Crippen molar-refractivity contribution in [3.8, 4) is 5.75 Å². The fraction of sp³-hybridized carbons (Fsp3) is 0.600. The summed E-state index contributed by atoms with van der Waals surface area (Å²) in [4.78, 5) is 2.45. The van der Waals surface area contributed by atoms with Gasteiger partial charge in [0.25, 0.3) is 0 Å². The zero-order valence-corrected chi connectivity index (χ0v) is 11.7. The predicted octanol–water partition coefficient (Wildman–Crippen LogP) is 2.22. The molecule has 1 N–H and O–H groups in total. The van der Waals surface area contributed by atoms with E-state index < -0.39 is 0 Å². The van der Waals surface area contributed by atoms with Crippen molar-refractivity contribution in [1.29, 1.82) is 0 Å². The van der Waals surface area contributed by atoms with Crippen LogP contribution in [0, 0.1) is 0 Å². The van der Waals surface area contributed by atoms with Crippen LogP contribution < -0.4 is 10.1 Å². The lowest BCUT2D eigenvalue weighted by atomic mass is 9.99. The van der Waals surface area contributed by atoms with Gasteiger partial charge in [-0.1, -0.05) is 19.1 Å². The predicted molar refractivity (Wildman–Crippen MR) is 75.2 cm³/mol. The fourth-order valence-corrected chi connectivity index (χ4v) is 2.70. The van der Waals surface area contributed by atoms with Gasteiger partial charge in [0.05, 0.1) is 7.11 Å². The van der Waals surface area contributed by atoms with Crippen molar-refractivity contribution in [2.24, 2.45) is 0 Å². The molecular formula is C15H24N2O. The molecule has 1 aromatic rings. The molecule has 1 saturated heterocycles. The molecular weight excluding hydrogens is 224 g/mol. The first-order valence-electron chi connectivity index (χ1n) is 6.84. The highest BCUT2D eigenvalue weighted by atomic mass is 16.5. The molecule has 2 rings (SSSR count). The quantitative estimate of drug-likeness (QED) is 0.887. The maximum atomic E-state index is 5.40. The van der Waals surface area contributed by atoms with Crippen LogP contribution in [0.2, 0.25) is 0 Å². The number of benzene rings is 1. The smallest absolute Gasteiger partial charge is 0.122 e. The topological polar surface area (TPSA) is 24.5 Å². The molecule has 3 heteroatoms. The van der Waals surface area contributed by atoms with Gasteiger partial charge in [-0.15, -0.1) is 0 Å². The lowest BCUT2D eigenvalue weighted by Crippen LogP contribution is -2.26. The second kappa shape index (κ2) is 6.21. The minimum absolute atomic E-state index is 0.524. The van der Waals surface area contributed by atoms with Gasteiger partial charge in [-0.05, 0) is 43.6 Å². The lowest BCUT2D eigenvalue weighted by molar-refractivity contribution is 0.258. The summed E-state index contributed by atoms with van der Waals surface area (Å²) in [5, 5.41) is 3.46. The summed E-state index contributed by atoms with van der Waals surface area (Å²) >= 11 is 0. The summed E-state index contributed by atoms with van der Waals surface area (Å²) < 4.78 is 5.40. The van der Waals surface area contributed by atoms with Crippen molar-refractivity contribution in [1.82, 2.24) is 10.2 Å². The third-order valence-corrected chi connectivity index (χ3v) is 3.84. The molecule has 0 spiro atoms. The molecule has 100 valence electrons. The summed E-state index contributed by atoms with van der Waals surface area (Å²) in [5.74, 6) is 1.01. The van der Waals surface area contributed by atoms with E-state index >= 15 is 0 Å². The molecule has 0 bridgehead atoms. The third-order valence-electron chi connectivity index (χ3n) is 3.84. The van der Waals surface area contributed by atoms with Crippen LogP contribution in [0.1, 0.15) is 30.5 Å². The Morgan fingerprint density at radius 3 is 2.94 bits per heavy atom. The minimum atomic E-state index is 0.524. The van der Waals surface area contributed by atoms with E-state index in [2.05, 4.69) is 42.4 Å². The number of ether oxygens (including phenoxy) is 1. The van der Waals surface area contributed by atoms with Gasteiger partial charge >= 0.3 is 0 Å². The Hall–Kier alpha value is -1.06. The molecule has 0 aromatic heterocycles. The Morgan fingerprint density at radius 1 is 1.39 bits per heavy atom. The summed E-state index contributed by atoms with van der Waals surface area (Å²) in [6, 6.07) is 7.16. The standard InChI is InChI=1S/C15H24N2O/c1-4-12-11-13(5-6-15(12)18-3)14-7-8-16-9-10-17(14)2/h5-6,11,14,16H,4,7-10H2,1-3H3. The van der Waals surface area contributed by atoms with Gasteiger partial charge in [-0.25, -0.2) is 0 Å². The van der Waals surface area contributed by atoms with Crippen LogP contribution >= 0.6 is 0 Å². The van der Waals surface area contributed by atoms with Gasteiger partial charge in [0.2, 0.25) is 0 Å². The number of nitrogens with zero attached hydrogens (tertiary/aromatic N) is 1. The van der Waals surface area contributed by atoms with Crippen LogP contribution in [-0.4, -0.2) is 38.7 Å². The maximum absolute atomic E-state index is 5.40. The molecule has 3 nitrogen and oxygen atoms in total. The zero-order valence-electron chi connectivity index (χ0n) is 11.7.